The first-order valence-corrected chi connectivity index (χ1v) is 8.18. The van der Waals surface area contributed by atoms with Crippen molar-refractivity contribution in [1.29, 1.82) is 0 Å². The summed E-state index contributed by atoms with van der Waals surface area (Å²) in [6.45, 7) is 4.71. The third-order valence-electron chi connectivity index (χ3n) is 4.07. The molecule has 128 valence electrons. The van der Waals surface area contributed by atoms with Crippen molar-refractivity contribution in [1.82, 2.24) is 14.9 Å². The van der Waals surface area contributed by atoms with Gasteiger partial charge in [0, 0.05) is 19.5 Å². The monoisotopic (exact) mass is 335 g/mol. The Labute approximate surface area is 146 Å². The van der Waals surface area contributed by atoms with Gasteiger partial charge in [-0.2, -0.15) is 0 Å². The molecule has 0 spiro atoms. The van der Waals surface area contributed by atoms with Gasteiger partial charge in [0.2, 0.25) is 5.91 Å². The minimum absolute atomic E-state index is 0.169. The number of methoxy groups -OCH3 is 1. The van der Waals surface area contributed by atoms with Crippen LogP contribution < -0.4 is 10.1 Å². The zero-order valence-corrected chi connectivity index (χ0v) is 14.2. The van der Waals surface area contributed by atoms with Crippen molar-refractivity contribution in [2.75, 3.05) is 13.7 Å². The standard InChI is InChI=1S/C20H21N3O2/c1-3-20(24)21-13-12-19-22-17-6-4-5-7-18(17)23(19)14-15-8-10-16(25-2)11-9-15/h3-11H,1,12-14H2,2H3,(H,21,24). The van der Waals surface area contributed by atoms with Gasteiger partial charge in [-0.15, -0.1) is 0 Å². The second-order valence-corrected chi connectivity index (χ2v) is 5.70. The molecule has 1 heterocycles. The molecule has 5 heteroatoms. The van der Waals surface area contributed by atoms with E-state index in [1.165, 1.54) is 11.6 Å². The number of para-hydroxylation sites is 2. The van der Waals surface area contributed by atoms with E-state index in [1.54, 1.807) is 7.11 Å². The van der Waals surface area contributed by atoms with Crippen LogP contribution in [-0.2, 0) is 17.8 Å². The SMILES string of the molecule is C=CC(=O)NCCc1nc2ccccc2n1Cc1ccc(OC)cc1. The first-order chi connectivity index (χ1) is 12.2. The van der Waals surface area contributed by atoms with Crippen LogP contribution in [0.1, 0.15) is 11.4 Å². The van der Waals surface area contributed by atoms with Crippen molar-refractivity contribution in [2.24, 2.45) is 0 Å². The highest BCUT2D eigenvalue weighted by Gasteiger charge is 2.11. The highest BCUT2D eigenvalue weighted by atomic mass is 16.5. The maximum atomic E-state index is 11.3. The number of amides is 1. The number of aromatic nitrogens is 2. The van der Waals surface area contributed by atoms with Gasteiger partial charge in [0.05, 0.1) is 18.1 Å². The molecule has 0 saturated heterocycles. The Morgan fingerprint density at radius 2 is 2.00 bits per heavy atom. The first kappa shape index (κ1) is 16.8. The summed E-state index contributed by atoms with van der Waals surface area (Å²) < 4.78 is 7.41. The van der Waals surface area contributed by atoms with E-state index in [-0.39, 0.29) is 5.91 Å². The molecule has 0 aliphatic rings. The second-order valence-electron chi connectivity index (χ2n) is 5.70. The average Bonchev–Trinajstić information content (AvgIpc) is 3.00. The minimum atomic E-state index is -0.169. The molecule has 5 nitrogen and oxygen atoms in total. The maximum Gasteiger partial charge on any atom is 0.243 e. The highest BCUT2D eigenvalue weighted by molar-refractivity contribution is 5.86. The largest absolute Gasteiger partial charge is 0.497 e. The lowest BCUT2D eigenvalue weighted by Gasteiger charge is -2.10. The van der Waals surface area contributed by atoms with E-state index in [2.05, 4.69) is 34.7 Å². The van der Waals surface area contributed by atoms with Crippen molar-refractivity contribution >= 4 is 16.9 Å². The fourth-order valence-electron chi connectivity index (χ4n) is 2.78. The average molecular weight is 335 g/mol. The predicted octanol–water partition coefficient (Wildman–Crippen LogP) is 2.94. The minimum Gasteiger partial charge on any atom is -0.497 e. The molecule has 0 fully saturated rings. The number of rotatable bonds is 7. The molecule has 25 heavy (non-hydrogen) atoms. The number of fused-ring (bicyclic) bond motifs is 1. The Kier molecular flexibility index (Phi) is 5.14. The van der Waals surface area contributed by atoms with Gasteiger partial charge >= 0.3 is 0 Å². The molecule has 0 radical (unpaired) electrons. The number of ether oxygens (including phenoxy) is 1. The van der Waals surface area contributed by atoms with E-state index < -0.39 is 0 Å². The van der Waals surface area contributed by atoms with Crippen molar-refractivity contribution < 1.29 is 9.53 Å². The van der Waals surface area contributed by atoms with E-state index in [9.17, 15) is 4.79 Å². The van der Waals surface area contributed by atoms with Crippen LogP contribution in [0.15, 0.2) is 61.2 Å². The van der Waals surface area contributed by atoms with E-state index in [4.69, 9.17) is 9.72 Å². The van der Waals surface area contributed by atoms with E-state index in [0.717, 1.165) is 29.2 Å². The van der Waals surface area contributed by atoms with Crippen LogP contribution in [0, 0.1) is 0 Å². The number of carbonyl (C=O) groups is 1. The third kappa shape index (κ3) is 3.88. The van der Waals surface area contributed by atoms with Crippen molar-refractivity contribution in [3.8, 4) is 5.75 Å². The number of imidazole rings is 1. The van der Waals surface area contributed by atoms with Crippen LogP contribution in [0.25, 0.3) is 11.0 Å². The zero-order valence-electron chi connectivity index (χ0n) is 14.2. The Morgan fingerprint density at radius 1 is 1.24 bits per heavy atom. The summed E-state index contributed by atoms with van der Waals surface area (Å²) in [5, 5.41) is 2.80. The van der Waals surface area contributed by atoms with E-state index in [1.807, 2.05) is 30.3 Å². The molecule has 0 aliphatic carbocycles. The third-order valence-corrected chi connectivity index (χ3v) is 4.07. The summed E-state index contributed by atoms with van der Waals surface area (Å²) in [4.78, 5) is 16.1. The molecule has 2 aromatic carbocycles. The van der Waals surface area contributed by atoms with Crippen LogP contribution in [0.2, 0.25) is 0 Å². The summed E-state index contributed by atoms with van der Waals surface area (Å²) >= 11 is 0. The van der Waals surface area contributed by atoms with Gasteiger partial charge in [0.25, 0.3) is 0 Å². The van der Waals surface area contributed by atoms with Crippen LogP contribution in [-0.4, -0.2) is 29.1 Å². The van der Waals surface area contributed by atoms with Gasteiger partial charge in [0.1, 0.15) is 11.6 Å². The van der Waals surface area contributed by atoms with Crippen molar-refractivity contribution in [3.05, 3.63) is 72.6 Å². The molecule has 0 atom stereocenters. The van der Waals surface area contributed by atoms with E-state index in [0.29, 0.717) is 13.0 Å². The number of carbonyl (C=O) groups excluding carboxylic acids is 1. The Bertz CT molecular complexity index is 882. The fourth-order valence-corrected chi connectivity index (χ4v) is 2.78. The smallest absolute Gasteiger partial charge is 0.243 e. The number of benzene rings is 2. The van der Waals surface area contributed by atoms with Crippen LogP contribution >= 0.6 is 0 Å². The lowest BCUT2D eigenvalue weighted by atomic mass is 10.2. The molecular formula is C20H21N3O2. The second kappa shape index (κ2) is 7.66. The first-order valence-electron chi connectivity index (χ1n) is 8.18. The zero-order chi connectivity index (χ0) is 17.6. The summed E-state index contributed by atoms with van der Waals surface area (Å²) in [7, 11) is 1.66. The van der Waals surface area contributed by atoms with Gasteiger partial charge in [-0.3, -0.25) is 4.79 Å². The quantitative estimate of drug-likeness (QED) is 0.676. The number of hydrogen-bond acceptors (Lipinski definition) is 3. The maximum absolute atomic E-state index is 11.3. The molecule has 1 N–H and O–H groups in total. The molecular weight excluding hydrogens is 314 g/mol. The van der Waals surface area contributed by atoms with Gasteiger partial charge in [-0.05, 0) is 35.9 Å². The van der Waals surface area contributed by atoms with Crippen LogP contribution in [0.3, 0.4) is 0 Å². The highest BCUT2D eigenvalue weighted by Crippen LogP contribution is 2.19. The van der Waals surface area contributed by atoms with Crippen molar-refractivity contribution in [3.63, 3.8) is 0 Å². The Hall–Kier alpha value is -3.08. The lowest BCUT2D eigenvalue weighted by molar-refractivity contribution is -0.116. The van der Waals surface area contributed by atoms with Gasteiger partial charge in [0.15, 0.2) is 0 Å². The molecule has 1 aromatic heterocycles. The number of nitrogens with zero attached hydrogens (tertiary/aromatic N) is 2. The normalized spacial score (nSPS) is 10.6. The summed E-state index contributed by atoms with van der Waals surface area (Å²) in [6.07, 6.45) is 1.94. The summed E-state index contributed by atoms with van der Waals surface area (Å²) in [6, 6.07) is 16.1. The van der Waals surface area contributed by atoms with Gasteiger partial charge in [-0.1, -0.05) is 30.8 Å². The molecule has 0 aliphatic heterocycles. The number of hydrogen-bond donors (Lipinski definition) is 1. The topological polar surface area (TPSA) is 56.2 Å². The molecule has 3 aromatic rings. The molecule has 1 amide bonds. The van der Waals surface area contributed by atoms with Gasteiger partial charge in [-0.25, -0.2) is 4.98 Å². The Balaban J connectivity index is 1.86. The molecule has 3 rings (SSSR count). The van der Waals surface area contributed by atoms with E-state index >= 15 is 0 Å². The van der Waals surface area contributed by atoms with Crippen molar-refractivity contribution in [2.45, 2.75) is 13.0 Å². The lowest BCUT2D eigenvalue weighted by Crippen LogP contribution is -2.24. The Morgan fingerprint density at radius 3 is 2.72 bits per heavy atom. The fraction of sp³-hybridized carbons (Fsp3) is 0.200. The summed E-state index contributed by atoms with van der Waals surface area (Å²) in [5.41, 5.74) is 3.21. The summed E-state index contributed by atoms with van der Waals surface area (Å²) in [5.74, 6) is 1.62. The van der Waals surface area contributed by atoms with Gasteiger partial charge < -0.3 is 14.6 Å². The molecule has 0 bridgehead atoms. The van der Waals surface area contributed by atoms with Crippen LogP contribution in [0.4, 0.5) is 0 Å². The predicted molar refractivity (Wildman–Crippen MR) is 98.7 cm³/mol. The number of nitrogens with one attached hydrogen (secondary N) is 1. The molecule has 0 saturated carbocycles. The van der Waals surface area contributed by atoms with Crippen LogP contribution in [0.5, 0.6) is 5.75 Å². The molecule has 0 unspecified atom stereocenters.